The summed E-state index contributed by atoms with van der Waals surface area (Å²) in [4.78, 5) is 19.3. The first-order valence-corrected chi connectivity index (χ1v) is 10.6. The third kappa shape index (κ3) is 4.11. The number of anilines is 2. The first-order chi connectivity index (χ1) is 15.7. The Balaban J connectivity index is 1.28. The van der Waals surface area contributed by atoms with Gasteiger partial charge in [0.1, 0.15) is 23.3 Å². The zero-order valence-electron chi connectivity index (χ0n) is 17.7. The van der Waals surface area contributed by atoms with Crippen LogP contribution in [-0.4, -0.2) is 38.5 Å². The summed E-state index contributed by atoms with van der Waals surface area (Å²) in [6, 6.07) is 14.0. The molecule has 160 valence electrons. The van der Waals surface area contributed by atoms with Crippen LogP contribution in [0.25, 0.3) is 10.9 Å². The summed E-state index contributed by atoms with van der Waals surface area (Å²) in [5.41, 5.74) is 4.42. The minimum Gasteiger partial charge on any atom is -0.497 e. The van der Waals surface area contributed by atoms with Crippen LogP contribution < -0.4 is 10.1 Å². The van der Waals surface area contributed by atoms with Crippen molar-refractivity contribution in [2.75, 3.05) is 19.0 Å². The molecule has 0 spiro atoms. The van der Waals surface area contributed by atoms with Gasteiger partial charge in [-0.3, -0.25) is 9.88 Å². The molecule has 32 heavy (non-hydrogen) atoms. The van der Waals surface area contributed by atoms with Crippen molar-refractivity contribution in [1.82, 2.24) is 24.8 Å². The van der Waals surface area contributed by atoms with Crippen molar-refractivity contribution in [3.63, 3.8) is 0 Å². The Labute approximate surface area is 185 Å². The number of aromatic amines is 1. The number of hydrogen-bond donors (Lipinski definition) is 2. The number of nitrogens with one attached hydrogen (secondary N) is 2. The van der Waals surface area contributed by atoms with E-state index in [2.05, 4.69) is 48.4 Å². The maximum absolute atomic E-state index is 8.86. The number of hydrogen-bond acceptors (Lipinski definition) is 7. The summed E-state index contributed by atoms with van der Waals surface area (Å²) in [5.74, 6) is 1.51. The molecule has 1 aromatic carbocycles. The summed E-state index contributed by atoms with van der Waals surface area (Å²) in [6.45, 7) is 1.86. The van der Waals surface area contributed by atoms with Crippen molar-refractivity contribution in [1.29, 1.82) is 5.26 Å². The second-order valence-corrected chi connectivity index (χ2v) is 7.87. The lowest BCUT2D eigenvalue weighted by Crippen LogP contribution is -2.23. The molecule has 1 saturated heterocycles. The lowest BCUT2D eigenvalue weighted by atomic mass is 10.1. The standard InChI is InChI=1S/C24H23N7O/c1-32-20-6-7-21-16(10-20)9-19(29-21)15-31-8-2-3-23(31)22-13-28-24(14-27-22)30-18-5-4-17(11-25)26-12-18/h4-7,9-10,12-14,23,29H,2-3,8,15H2,1H3,(H,28,30)/t23-/m1/s1. The molecule has 4 heterocycles. The predicted octanol–water partition coefficient (Wildman–Crippen LogP) is 4.31. The van der Waals surface area contributed by atoms with Crippen LogP contribution in [-0.2, 0) is 6.54 Å². The van der Waals surface area contributed by atoms with Crippen LogP contribution in [0.5, 0.6) is 5.75 Å². The van der Waals surface area contributed by atoms with E-state index in [-0.39, 0.29) is 6.04 Å². The number of nitrogens with zero attached hydrogens (tertiary/aromatic N) is 5. The van der Waals surface area contributed by atoms with Crippen LogP contribution in [0.1, 0.15) is 36.0 Å². The fraction of sp³-hybridized carbons (Fsp3) is 0.250. The topological polar surface area (TPSA) is 103 Å². The molecule has 1 fully saturated rings. The second-order valence-electron chi connectivity index (χ2n) is 7.87. The third-order valence-corrected chi connectivity index (χ3v) is 5.78. The van der Waals surface area contributed by atoms with E-state index in [1.807, 2.05) is 18.3 Å². The predicted molar refractivity (Wildman–Crippen MR) is 122 cm³/mol. The monoisotopic (exact) mass is 425 g/mol. The minimum absolute atomic E-state index is 0.245. The highest BCUT2D eigenvalue weighted by molar-refractivity contribution is 5.81. The Bertz CT molecular complexity index is 1260. The van der Waals surface area contributed by atoms with E-state index in [4.69, 9.17) is 10.00 Å². The van der Waals surface area contributed by atoms with Gasteiger partial charge in [-0.15, -0.1) is 0 Å². The Kier molecular flexibility index (Phi) is 5.40. The molecule has 3 aromatic heterocycles. The van der Waals surface area contributed by atoms with Crippen LogP contribution in [0.15, 0.2) is 55.0 Å². The maximum atomic E-state index is 8.86. The van der Waals surface area contributed by atoms with Gasteiger partial charge in [0.25, 0.3) is 0 Å². The largest absolute Gasteiger partial charge is 0.497 e. The third-order valence-electron chi connectivity index (χ3n) is 5.78. The van der Waals surface area contributed by atoms with E-state index >= 15 is 0 Å². The molecule has 1 aliphatic heterocycles. The van der Waals surface area contributed by atoms with Gasteiger partial charge < -0.3 is 15.0 Å². The smallest absolute Gasteiger partial charge is 0.148 e. The molecule has 0 saturated carbocycles. The van der Waals surface area contributed by atoms with Gasteiger partial charge in [-0.1, -0.05) is 0 Å². The fourth-order valence-electron chi connectivity index (χ4n) is 4.21. The number of aromatic nitrogens is 4. The average Bonchev–Trinajstić information content (AvgIpc) is 3.46. The molecule has 4 aromatic rings. The highest BCUT2D eigenvalue weighted by Gasteiger charge is 2.27. The van der Waals surface area contributed by atoms with Gasteiger partial charge in [0.15, 0.2) is 0 Å². The van der Waals surface area contributed by atoms with E-state index in [0.717, 1.165) is 54.0 Å². The van der Waals surface area contributed by atoms with Crippen molar-refractivity contribution in [3.8, 4) is 11.8 Å². The number of fused-ring (bicyclic) bond motifs is 1. The lowest BCUT2D eigenvalue weighted by Gasteiger charge is -2.23. The van der Waals surface area contributed by atoms with Crippen LogP contribution in [0.4, 0.5) is 11.5 Å². The number of H-pyrrole nitrogens is 1. The minimum atomic E-state index is 0.245. The normalized spacial score (nSPS) is 16.2. The van der Waals surface area contributed by atoms with E-state index in [1.54, 1.807) is 31.6 Å². The van der Waals surface area contributed by atoms with Crippen molar-refractivity contribution in [2.24, 2.45) is 0 Å². The number of benzene rings is 1. The Morgan fingerprint density at radius 2 is 2.09 bits per heavy atom. The molecular formula is C24H23N7O. The van der Waals surface area contributed by atoms with Gasteiger partial charge in [0.2, 0.25) is 0 Å². The molecule has 8 nitrogen and oxygen atoms in total. The Hall–Kier alpha value is -3.96. The number of rotatable bonds is 6. The number of ether oxygens (including phenoxy) is 1. The molecule has 5 rings (SSSR count). The molecule has 8 heteroatoms. The van der Waals surface area contributed by atoms with Crippen LogP contribution in [0.3, 0.4) is 0 Å². The first-order valence-electron chi connectivity index (χ1n) is 10.6. The summed E-state index contributed by atoms with van der Waals surface area (Å²) >= 11 is 0. The van der Waals surface area contributed by atoms with Gasteiger partial charge in [-0.25, -0.2) is 9.97 Å². The zero-order valence-corrected chi connectivity index (χ0v) is 17.7. The molecular weight excluding hydrogens is 402 g/mol. The van der Waals surface area contributed by atoms with Gasteiger partial charge in [-0.2, -0.15) is 5.26 Å². The van der Waals surface area contributed by atoms with Crippen LogP contribution >= 0.6 is 0 Å². The molecule has 0 radical (unpaired) electrons. The lowest BCUT2D eigenvalue weighted by molar-refractivity contribution is 0.241. The molecule has 0 unspecified atom stereocenters. The zero-order chi connectivity index (χ0) is 21.9. The number of pyridine rings is 1. The van der Waals surface area contributed by atoms with E-state index in [9.17, 15) is 0 Å². The van der Waals surface area contributed by atoms with Crippen molar-refractivity contribution >= 4 is 22.4 Å². The van der Waals surface area contributed by atoms with Gasteiger partial charge in [0, 0.05) is 23.1 Å². The Morgan fingerprint density at radius 3 is 2.84 bits per heavy atom. The molecule has 0 amide bonds. The van der Waals surface area contributed by atoms with Gasteiger partial charge in [0.05, 0.1) is 43.1 Å². The van der Waals surface area contributed by atoms with Crippen molar-refractivity contribution in [3.05, 3.63) is 72.1 Å². The molecule has 1 aliphatic rings. The first kappa shape index (κ1) is 20.0. The van der Waals surface area contributed by atoms with Gasteiger partial charge >= 0.3 is 0 Å². The molecule has 0 bridgehead atoms. The molecule has 2 N–H and O–H groups in total. The van der Waals surface area contributed by atoms with E-state index in [1.165, 1.54) is 5.69 Å². The molecule has 0 aliphatic carbocycles. The summed E-state index contributed by atoms with van der Waals surface area (Å²) in [7, 11) is 1.69. The van der Waals surface area contributed by atoms with E-state index in [0.29, 0.717) is 11.5 Å². The quantitative estimate of drug-likeness (QED) is 0.474. The highest BCUT2D eigenvalue weighted by Crippen LogP contribution is 2.33. The average molecular weight is 425 g/mol. The Morgan fingerprint density at radius 1 is 1.16 bits per heavy atom. The summed E-state index contributed by atoms with van der Waals surface area (Å²) < 4.78 is 5.34. The maximum Gasteiger partial charge on any atom is 0.148 e. The van der Waals surface area contributed by atoms with Crippen molar-refractivity contribution in [2.45, 2.75) is 25.4 Å². The second kappa shape index (κ2) is 8.65. The van der Waals surface area contributed by atoms with Crippen molar-refractivity contribution < 1.29 is 4.74 Å². The van der Waals surface area contributed by atoms with E-state index < -0.39 is 0 Å². The van der Waals surface area contributed by atoms with Gasteiger partial charge in [-0.05, 0) is 55.8 Å². The number of nitriles is 1. The van der Waals surface area contributed by atoms with Crippen LogP contribution in [0.2, 0.25) is 0 Å². The summed E-state index contributed by atoms with van der Waals surface area (Å²) in [5, 5.41) is 13.2. The summed E-state index contributed by atoms with van der Waals surface area (Å²) in [6.07, 6.45) is 7.41. The highest BCUT2D eigenvalue weighted by atomic mass is 16.5. The number of likely N-dealkylation sites (tertiary alicyclic amines) is 1. The number of methoxy groups -OCH3 is 1. The van der Waals surface area contributed by atoms with Crippen LogP contribution in [0, 0.1) is 11.3 Å². The molecule has 1 atom stereocenters. The SMILES string of the molecule is COc1ccc2[nH]c(CN3CCC[C@@H]3c3cnc(Nc4ccc(C#N)nc4)cn3)cc2c1. The fourth-order valence-corrected chi connectivity index (χ4v) is 4.21.